The zero-order valence-corrected chi connectivity index (χ0v) is 17.9. The van der Waals surface area contributed by atoms with E-state index in [2.05, 4.69) is 28.6 Å². The first-order chi connectivity index (χ1) is 15.0. The standard InChI is InChI=1S/C24H26N4O3/c1-4-17-18-7-5-6-8-20(18)31-23(17)15(2)28(3)22(30)10-9-16-13-19-24(26-14-16)27-21(29)11-12-25-19/h5-10,13-15,25H,4,11-12H2,1-3H3,(H,26,27,29)/b10-9+. The molecule has 3 heterocycles. The van der Waals surface area contributed by atoms with Gasteiger partial charge in [0.05, 0.1) is 11.7 Å². The van der Waals surface area contributed by atoms with E-state index in [1.54, 1.807) is 24.2 Å². The van der Waals surface area contributed by atoms with E-state index in [9.17, 15) is 9.59 Å². The lowest BCUT2D eigenvalue weighted by molar-refractivity contribution is -0.126. The van der Waals surface area contributed by atoms with Crippen LogP contribution in [0.2, 0.25) is 0 Å². The maximum atomic E-state index is 12.8. The number of pyridine rings is 1. The average molecular weight is 418 g/mol. The van der Waals surface area contributed by atoms with Gasteiger partial charge in [0.15, 0.2) is 5.82 Å². The van der Waals surface area contributed by atoms with E-state index >= 15 is 0 Å². The highest BCUT2D eigenvalue weighted by atomic mass is 16.3. The number of nitrogens with one attached hydrogen (secondary N) is 2. The van der Waals surface area contributed by atoms with Crippen LogP contribution in [-0.2, 0) is 16.0 Å². The molecule has 7 nitrogen and oxygen atoms in total. The highest BCUT2D eigenvalue weighted by Gasteiger charge is 2.23. The molecule has 160 valence electrons. The summed E-state index contributed by atoms with van der Waals surface area (Å²) in [7, 11) is 1.77. The smallest absolute Gasteiger partial charge is 0.246 e. The van der Waals surface area contributed by atoms with E-state index in [-0.39, 0.29) is 17.9 Å². The van der Waals surface area contributed by atoms with Crippen LogP contribution in [0.1, 0.15) is 43.2 Å². The number of hydrogen-bond donors (Lipinski definition) is 2. The summed E-state index contributed by atoms with van der Waals surface area (Å²) in [4.78, 5) is 30.4. The van der Waals surface area contributed by atoms with Crippen molar-refractivity contribution in [3.05, 3.63) is 59.5 Å². The number of anilines is 2. The summed E-state index contributed by atoms with van der Waals surface area (Å²) in [6, 6.07) is 9.62. The summed E-state index contributed by atoms with van der Waals surface area (Å²) < 4.78 is 6.10. The molecule has 7 heteroatoms. The number of furan rings is 1. The molecule has 3 aromatic rings. The Balaban J connectivity index is 1.52. The first kappa shape index (κ1) is 20.7. The summed E-state index contributed by atoms with van der Waals surface area (Å²) in [6.45, 7) is 4.61. The Morgan fingerprint density at radius 1 is 1.35 bits per heavy atom. The molecule has 2 amide bonds. The van der Waals surface area contributed by atoms with Crippen molar-refractivity contribution >= 4 is 40.4 Å². The molecular formula is C24H26N4O3. The van der Waals surface area contributed by atoms with Crippen molar-refractivity contribution in [2.24, 2.45) is 0 Å². The van der Waals surface area contributed by atoms with Crippen LogP contribution < -0.4 is 10.6 Å². The van der Waals surface area contributed by atoms with Gasteiger partial charge >= 0.3 is 0 Å². The fourth-order valence-electron chi connectivity index (χ4n) is 3.78. The summed E-state index contributed by atoms with van der Waals surface area (Å²) in [6.07, 6.45) is 6.12. The zero-order chi connectivity index (χ0) is 22.0. The second-order valence-electron chi connectivity index (χ2n) is 7.64. The van der Waals surface area contributed by atoms with E-state index in [0.29, 0.717) is 18.8 Å². The van der Waals surface area contributed by atoms with Crippen LogP contribution in [0.25, 0.3) is 17.0 Å². The number of benzene rings is 1. The monoisotopic (exact) mass is 418 g/mol. The Morgan fingerprint density at radius 3 is 2.97 bits per heavy atom. The predicted octanol–water partition coefficient (Wildman–Crippen LogP) is 4.38. The Kier molecular flexibility index (Phi) is 5.75. The van der Waals surface area contributed by atoms with Gasteiger partial charge in [-0.3, -0.25) is 9.59 Å². The van der Waals surface area contributed by atoms with Crippen molar-refractivity contribution < 1.29 is 14.0 Å². The predicted molar refractivity (Wildman–Crippen MR) is 122 cm³/mol. The average Bonchev–Trinajstić information content (AvgIpc) is 3.05. The number of fused-ring (bicyclic) bond motifs is 2. The first-order valence-electron chi connectivity index (χ1n) is 10.5. The molecule has 1 aromatic carbocycles. The molecule has 31 heavy (non-hydrogen) atoms. The quantitative estimate of drug-likeness (QED) is 0.601. The lowest BCUT2D eigenvalue weighted by Gasteiger charge is -2.23. The molecule has 2 N–H and O–H groups in total. The number of aromatic nitrogens is 1. The summed E-state index contributed by atoms with van der Waals surface area (Å²) >= 11 is 0. The molecule has 0 spiro atoms. The van der Waals surface area contributed by atoms with Gasteiger partial charge in [0.1, 0.15) is 11.3 Å². The Hall–Kier alpha value is -3.61. The highest BCUT2D eigenvalue weighted by Crippen LogP contribution is 2.33. The van der Waals surface area contributed by atoms with Crippen LogP contribution in [0.3, 0.4) is 0 Å². The van der Waals surface area contributed by atoms with Gasteiger partial charge in [-0.05, 0) is 37.1 Å². The molecule has 0 bridgehead atoms. The molecule has 4 rings (SSSR count). The molecule has 0 saturated heterocycles. The number of nitrogens with zero attached hydrogens (tertiary/aromatic N) is 2. The number of amides is 2. The number of aryl methyl sites for hydroxylation is 1. The summed E-state index contributed by atoms with van der Waals surface area (Å²) in [5.41, 5.74) is 3.50. The minimum Gasteiger partial charge on any atom is -0.459 e. The van der Waals surface area contributed by atoms with E-state index in [1.807, 2.05) is 31.2 Å². The SMILES string of the molecule is CCc1c(C(C)N(C)C(=O)/C=C/c2cnc3c(c2)NCCC(=O)N3)oc2ccccc12. The van der Waals surface area contributed by atoms with Crippen molar-refractivity contribution in [1.82, 2.24) is 9.88 Å². The minimum atomic E-state index is -0.207. The molecule has 0 fully saturated rings. The molecule has 0 aliphatic carbocycles. The molecule has 1 unspecified atom stereocenters. The Bertz CT molecular complexity index is 1160. The second kappa shape index (κ2) is 8.63. The number of rotatable bonds is 5. The fraction of sp³-hybridized carbons (Fsp3) is 0.292. The largest absolute Gasteiger partial charge is 0.459 e. The van der Waals surface area contributed by atoms with Gasteiger partial charge in [-0.2, -0.15) is 0 Å². The molecule has 0 saturated carbocycles. The number of hydrogen-bond acceptors (Lipinski definition) is 5. The van der Waals surface area contributed by atoms with Gasteiger partial charge in [0.2, 0.25) is 11.8 Å². The molecule has 2 aromatic heterocycles. The van der Waals surface area contributed by atoms with Crippen molar-refractivity contribution in [2.75, 3.05) is 24.2 Å². The van der Waals surface area contributed by atoms with Gasteiger partial charge in [0, 0.05) is 43.2 Å². The molecule has 1 aliphatic heterocycles. The van der Waals surface area contributed by atoms with Gasteiger partial charge in [0.25, 0.3) is 0 Å². The molecule has 1 aliphatic rings. The first-order valence-corrected chi connectivity index (χ1v) is 10.5. The highest BCUT2D eigenvalue weighted by molar-refractivity contribution is 5.95. The topological polar surface area (TPSA) is 87.5 Å². The van der Waals surface area contributed by atoms with Crippen molar-refractivity contribution in [2.45, 2.75) is 32.7 Å². The van der Waals surface area contributed by atoms with Crippen LogP contribution >= 0.6 is 0 Å². The summed E-state index contributed by atoms with van der Waals surface area (Å²) in [5, 5.41) is 7.05. The van der Waals surface area contributed by atoms with Gasteiger partial charge in [-0.1, -0.05) is 25.1 Å². The third-order valence-electron chi connectivity index (χ3n) is 5.64. The maximum absolute atomic E-state index is 12.8. The number of carbonyl (C=O) groups excluding carboxylic acids is 2. The van der Waals surface area contributed by atoms with E-state index < -0.39 is 0 Å². The zero-order valence-electron chi connectivity index (χ0n) is 17.9. The minimum absolute atomic E-state index is 0.0649. The third kappa shape index (κ3) is 4.17. The normalized spacial score (nSPS) is 14.6. The number of para-hydroxylation sites is 1. The third-order valence-corrected chi connectivity index (χ3v) is 5.64. The van der Waals surface area contributed by atoms with Gasteiger partial charge in [-0.15, -0.1) is 0 Å². The summed E-state index contributed by atoms with van der Waals surface area (Å²) in [5.74, 6) is 1.13. The molecule has 0 radical (unpaired) electrons. The van der Waals surface area contributed by atoms with Crippen LogP contribution in [0.5, 0.6) is 0 Å². The van der Waals surface area contributed by atoms with Crippen LogP contribution in [-0.4, -0.2) is 35.3 Å². The van der Waals surface area contributed by atoms with Crippen LogP contribution in [0.4, 0.5) is 11.5 Å². The van der Waals surface area contributed by atoms with Crippen LogP contribution in [0, 0.1) is 0 Å². The Morgan fingerprint density at radius 2 is 2.16 bits per heavy atom. The maximum Gasteiger partial charge on any atom is 0.246 e. The van der Waals surface area contributed by atoms with Crippen LogP contribution in [0.15, 0.2) is 47.0 Å². The molecular weight excluding hydrogens is 392 g/mol. The van der Waals surface area contributed by atoms with Crippen molar-refractivity contribution in [3.63, 3.8) is 0 Å². The lowest BCUT2D eigenvalue weighted by Crippen LogP contribution is -2.28. The van der Waals surface area contributed by atoms with Gasteiger partial charge in [-0.25, -0.2) is 4.98 Å². The van der Waals surface area contributed by atoms with E-state index in [1.165, 1.54) is 6.08 Å². The lowest BCUT2D eigenvalue weighted by atomic mass is 10.0. The Labute approximate surface area is 181 Å². The van der Waals surface area contributed by atoms with E-state index in [4.69, 9.17) is 4.42 Å². The molecule has 1 atom stereocenters. The van der Waals surface area contributed by atoms with Crippen molar-refractivity contribution in [3.8, 4) is 0 Å². The number of carbonyl (C=O) groups is 2. The van der Waals surface area contributed by atoms with E-state index in [0.717, 1.165) is 40.0 Å². The number of likely N-dealkylation sites (N-methyl/N-ethyl adjacent to an activating group) is 1. The fourth-order valence-corrected chi connectivity index (χ4v) is 3.78. The second-order valence-corrected chi connectivity index (χ2v) is 7.64. The van der Waals surface area contributed by atoms with Gasteiger partial charge < -0.3 is 20.0 Å². The van der Waals surface area contributed by atoms with Crippen molar-refractivity contribution in [1.29, 1.82) is 0 Å².